The minimum Gasteiger partial charge on any atom is -0.398 e. The van der Waals surface area contributed by atoms with Gasteiger partial charge in [-0.15, -0.1) is 0 Å². The first-order valence-corrected chi connectivity index (χ1v) is 8.67. The number of hydrogen-bond donors (Lipinski definition) is 2. The van der Waals surface area contributed by atoms with Crippen molar-refractivity contribution in [2.45, 2.75) is 18.0 Å². The molecule has 0 aliphatic heterocycles. The molecule has 0 heterocycles. The highest BCUT2D eigenvalue weighted by atomic mass is 35.5. The van der Waals surface area contributed by atoms with Gasteiger partial charge in [-0.25, -0.2) is 8.42 Å². The maximum absolute atomic E-state index is 11.4. The van der Waals surface area contributed by atoms with Gasteiger partial charge in [0.05, 0.1) is 15.6 Å². The van der Waals surface area contributed by atoms with Crippen LogP contribution in [-0.2, 0) is 22.9 Å². The van der Waals surface area contributed by atoms with E-state index in [4.69, 9.17) is 17.3 Å². The van der Waals surface area contributed by atoms with Crippen LogP contribution in [0.3, 0.4) is 0 Å². The molecule has 112 valence electrons. The predicted octanol–water partition coefficient (Wildman–Crippen LogP) is 2.62. The Bertz CT molecular complexity index is 728. The van der Waals surface area contributed by atoms with Crippen LogP contribution in [0.25, 0.3) is 0 Å². The molecule has 2 aromatic carbocycles. The van der Waals surface area contributed by atoms with Gasteiger partial charge in [0.2, 0.25) is 0 Å². The van der Waals surface area contributed by atoms with E-state index in [1.54, 1.807) is 30.3 Å². The Morgan fingerprint density at radius 3 is 2.19 bits per heavy atom. The summed E-state index contributed by atoms with van der Waals surface area (Å²) >= 11 is 5.87. The van der Waals surface area contributed by atoms with Crippen molar-refractivity contribution in [3.05, 3.63) is 58.6 Å². The lowest BCUT2D eigenvalue weighted by atomic mass is 10.2. The predicted molar refractivity (Wildman–Crippen MR) is 86.0 cm³/mol. The standard InChI is InChI=1S/C15H17ClN2O2S/c1-21(19,20)13-5-2-11(3-6-13)9-18-10-12-4-7-14(16)15(17)8-12/h2-8,18H,9-10,17H2,1H3. The van der Waals surface area contributed by atoms with Crippen LogP contribution in [0, 0.1) is 0 Å². The highest BCUT2D eigenvalue weighted by molar-refractivity contribution is 7.90. The van der Waals surface area contributed by atoms with Gasteiger partial charge in [0, 0.05) is 19.3 Å². The number of nitrogens with two attached hydrogens (primary N) is 1. The Balaban J connectivity index is 1.93. The molecule has 0 amide bonds. The van der Waals surface area contributed by atoms with Crippen LogP contribution in [0.5, 0.6) is 0 Å². The second kappa shape index (κ2) is 6.47. The Kier molecular flexibility index (Phi) is 4.88. The van der Waals surface area contributed by atoms with Crippen molar-refractivity contribution in [3.8, 4) is 0 Å². The van der Waals surface area contributed by atoms with Crippen molar-refractivity contribution in [1.82, 2.24) is 5.32 Å². The highest BCUT2D eigenvalue weighted by Crippen LogP contribution is 2.19. The summed E-state index contributed by atoms with van der Waals surface area (Å²) in [5.74, 6) is 0. The molecule has 0 bridgehead atoms. The molecule has 0 unspecified atom stereocenters. The molecular weight excluding hydrogens is 308 g/mol. The van der Waals surface area contributed by atoms with E-state index in [9.17, 15) is 8.42 Å². The van der Waals surface area contributed by atoms with Gasteiger partial charge in [-0.3, -0.25) is 0 Å². The molecule has 0 spiro atoms. The summed E-state index contributed by atoms with van der Waals surface area (Å²) < 4.78 is 22.7. The molecule has 0 atom stereocenters. The maximum Gasteiger partial charge on any atom is 0.175 e. The van der Waals surface area contributed by atoms with Crippen molar-refractivity contribution in [2.75, 3.05) is 12.0 Å². The highest BCUT2D eigenvalue weighted by Gasteiger charge is 2.06. The van der Waals surface area contributed by atoms with Gasteiger partial charge in [-0.2, -0.15) is 0 Å². The van der Waals surface area contributed by atoms with Crippen molar-refractivity contribution in [2.24, 2.45) is 0 Å². The molecule has 0 aromatic heterocycles. The van der Waals surface area contributed by atoms with Crippen molar-refractivity contribution < 1.29 is 8.42 Å². The molecule has 0 radical (unpaired) electrons. The summed E-state index contributed by atoms with van der Waals surface area (Å²) in [6.07, 6.45) is 1.20. The number of anilines is 1. The lowest BCUT2D eigenvalue weighted by Gasteiger charge is -2.07. The van der Waals surface area contributed by atoms with Crippen LogP contribution in [-0.4, -0.2) is 14.7 Å². The van der Waals surface area contributed by atoms with Crippen molar-refractivity contribution in [1.29, 1.82) is 0 Å². The molecule has 21 heavy (non-hydrogen) atoms. The third-order valence-electron chi connectivity index (χ3n) is 3.07. The summed E-state index contributed by atoms with van der Waals surface area (Å²) in [6, 6.07) is 12.4. The fraction of sp³-hybridized carbons (Fsp3) is 0.200. The maximum atomic E-state index is 11.4. The summed E-state index contributed by atoms with van der Waals surface area (Å²) in [7, 11) is -3.14. The Hall–Kier alpha value is -1.56. The van der Waals surface area contributed by atoms with Gasteiger partial charge >= 0.3 is 0 Å². The smallest absolute Gasteiger partial charge is 0.175 e. The fourth-order valence-electron chi connectivity index (χ4n) is 1.91. The second-order valence-corrected chi connectivity index (χ2v) is 7.30. The molecule has 6 heteroatoms. The minimum absolute atomic E-state index is 0.330. The van der Waals surface area contributed by atoms with Crippen LogP contribution in [0.15, 0.2) is 47.4 Å². The number of benzene rings is 2. The SMILES string of the molecule is CS(=O)(=O)c1ccc(CNCc2ccc(Cl)c(N)c2)cc1. The first-order chi connectivity index (χ1) is 9.86. The van der Waals surface area contributed by atoms with Gasteiger partial charge in [-0.1, -0.05) is 29.8 Å². The molecule has 0 fully saturated rings. The van der Waals surface area contributed by atoms with Gasteiger partial charge < -0.3 is 11.1 Å². The van der Waals surface area contributed by atoms with Gasteiger partial charge in [0.1, 0.15) is 0 Å². The molecule has 4 nitrogen and oxygen atoms in total. The van der Waals surface area contributed by atoms with E-state index in [2.05, 4.69) is 5.32 Å². The summed E-state index contributed by atoms with van der Waals surface area (Å²) in [4.78, 5) is 0.330. The number of nitrogen functional groups attached to an aromatic ring is 1. The fourth-order valence-corrected chi connectivity index (χ4v) is 2.66. The first-order valence-electron chi connectivity index (χ1n) is 6.40. The number of halogens is 1. The molecule has 3 N–H and O–H groups in total. The number of hydrogen-bond acceptors (Lipinski definition) is 4. The average Bonchev–Trinajstić information content (AvgIpc) is 2.42. The molecule has 2 rings (SSSR count). The second-order valence-electron chi connectivity index (χ2n) is 4.88. The zero-order chi connectivity index (χ0) is 15.5. The number of sulfone groups is 1. The van der Waals surface area contributed by atoms with Crippen LogP contribution in [0.1, 0.15) is 11.1 Å². The Morgan fingerprint density at radius 1 is 1.05 bits per heavy atom. The topological polar surface area (TPSA) is 72.2 Å². The zero-order valence-corrected chi connectivity index (χ0v) is 13.2. The van der Waals surface area contributed by atoms with E-state index in [0.717, 1.165) is 11.1 Å². The van der Waals surface area contributed by atoms with Gasteiger partial charge in [0.15, 0.2) is 9.84 Å². The Morgan fingerprint density at radius 2 is 1.62 bits per heavy atom. The summed E-state index contributed by atoms with van der Waals surface area (Å²) in [6.45, 7) is 1.31. The van der Waals surface area contributed by atoms with E-state index >= 15 is 0 Å². The molecule has 2 aromatic rings. The normalized spacial score (nSPS) is 11.5. The molecule has 0 saturated carbocycles. The van der Waals surface area contributed by atoms with Crippen molar-refractivity contribution >= 4 is 27.1 Å². The quantitative estimate of drug-likeness (QED) is 0.829. The van der Waals surface area contributed by atoms with E-state index in [1.807, 2.05) is 12.1 Å². The first kappa shape index (κ1) is 15.8. The summed E-state index contributed by atoms with van der Waals surface area (Å²) in [5, 5.41) is 3.83. The van der Waals surface area contributed by atoms with E-state index in [-0.39, 0.29) is 0 Å². The summed E-state index contributed by atoms with van der Waals surface area (Å²) in [5.41, 5.74) is 8.37. The molecule has 0 aliphatic carbocycles. The van der Waals surface area contributed by atoms with E-state index in [1.165, 1.54) is 6.26 Å². The monoisotopic (exact) mass is 324 g/mol. The van der Waals surface area contributed by atoms with Crippen LogP contribution >= 0.6 is 11.6 Å². The van der Waals surface area contributed by atoms with E-state index in [0.29, 0.717) is 28.7 Å². The van der Waals surface area contributed by atoms with Crippen molar-refractivity contribution in [3.63, 3.8) is 0 Å². The third kappa shape index (κ3) is 4.46. The third-order valence-corrected chi connectivity index (χ3v) is 4.54. The van der Waals surface area contributed by atoms with Gasteiger partial charge in [0.25, 0.3) is 0 Å². The Labute approximate surface area is 129 Å². The molecule has 0 aliphatic rings. The largest absolute Gasteiger partial charge is 0.398 e. The minimum atomic E-state index is -3.14. The van der Waals surface area contributed by atoms with Crippen LogP contribution in [0.4, 0.5) is 5.69 Å². The van der Waals surface area contributed by atoms with Gasteiger partial charge in [-0.05, 0) is 35.4 Å². The lowest BCUT2D eigenvalue weighted by molar-refractivity contribution is 0.602. The number of rotatable bonds is 5. The lowest BCUT2D eigenvalue weighted by Crippen LogP contribution is -2.13. The van der Waals surface area contributed by atoms with Crippen LogP contribution < -0.4 is 11.1 Å². The van der Waals surface area contributed by atoms with E-state index < -0.39 is 9.84 Å². The molecular formula is C15H17ClN2O2S. The number of nitrogens with one attached hydrogen (secondary N) is 1. The molecule has 0 saturated heterocycles. The van der Waals surface area contributed by atoms with Crippen LogP contribution in [0.2, 0.25) is 5.02 Å². The zero-order valence-electron chi connectivity index (χ0n) is 11.6. The average molecular weight is 325 g/mol.